The number of hydrogen-bond acceptors (Lipinski definition) is 3. The Hall–Kier alpha value is -2.55. The normalized spacial score (nSPS) is 12.5. The summed E-state index contributed by atoms with van der Waals surface area (Å²) in [6.45, 7) is 0.476. The van der Waals surface area contributed by atoms with Crippen LogP contribution in [0, 0.1) is 0 Å². The molecule has 3 heteroatoms. The molecule has 0 amide bonds. The van der Waals surface area contributed by atoms with Crippen molar-refractivity contribution in [3.05, 3.63) is 71.8 Å². The van der Waals surface area contributed by atoms with Gasteiger partial charge in [-0.25, -0.2) is 0 Å². The lowest BCUT2D eigenvalue weighted by Crippen LogP contribution is -2.06. The Bertz CT molecular complexity index is 728. The molecule has 1 saturated carbocycles. The van der Waals surface area contributed by atoms with E-state index in [-0.39, 0.29) is 5.97 Å². The lowest BCUT2D eigenvalue weighted by molar-refractivity contribution is -0.143. The summed E-state index contributed by atoms with van der Waals surface area (Å²) in [5, 5.41) is 0. The molecule has 26 heavy (non-hydrogen) atoms. The molecule has 136 valence electrons. The number of benzene rings is 2. The molecule has 3 nitrogen and oxygen atoms in total. The topological polar surface area (TPSA) is 35.5 Å². The van der Waals surface area contributed by atoms with E-state index in [0.717, 1.165) is 37.2 Å². The predicted molar refractivity (Wildman–Crippen MR) is 103 cm³/mol. The van der Waals surface area contributed by atoms with E-state index in [1.807, 2.05) is 48.5 Å². The Kier molecular flexibility index (Phi) is 6.88. The van der Waals surface area contributed by atoms with Crippen molar-refractivity contribution >= 4 is 5.97 Å². The molecular formula is C23H26O3. The summed E-state index contributed by atoms with van der Waals surface area (Å²) in [4.78, 5) is 11.7. The fourth-order valence-electron chi connectivity index (χ4n) is 2.75. The van der Waals surface area contributed by atoms with Crippen LogP contribution in [0.3, 0.4) is 0 Å². The molecule has 2 aromatic rings. The first-order valence-corrected chi connectivity index (χ1v) is 9.45. The third-order valence-electron chi connectivity index (χ3n) is 4.31. The number of ether oxygens (including phenoxy) is 2. The standard InChI is InChI=1S/C23H26O3/c24-23(14-5-4-8-19-15-16-19)25-17-7-10-20-9-6-13-22(18-20)26-21-11-2-1-3-12-21/h1-3,6,8-9,11-13,18H,4-5,7,10,14-17H2. The van der Waals surface area contributed by atoms with Gasteiger partial charge in [0.05, 0.1) is 6.61 Å². The zero-order valence-electron chi connectivity index (χ0n) is 15.2. The van der Waals surface area contributed by atoms with E-state index in [0.29, 0.717) is 13.0 Å². The number of esters is 1. The van der Waals surface area contributed by atoms with Gasteiger partial charge in [-0.3, -0.25) is 4.79 Å². The lowest BCUT2D eigenvalue weighted by Gasteiger charge is -2.08. The second-order valence-electron chi connectivity index (χ2n) is 6.64. The molecule has 0 atom stereocenters. The van der Waals surface area contributed by atoms with E-state index >= 15 is 0 Å². The van der Waals surface area contributed by atoms with Gasteiger partial charge in [0.2, 0.25) is 0 Å². The molecule has 2 aromatic carbocycles. The van der Waals surface area contributed by atoms with Gasteiger partial charge in [-0.05, 0) is 68.4 Å². The minimum Gasteiger partial charge on any atom is -0.466 e. The van der Waals surface area contributed by atoms with Crippen LogP contribution in [-0.2, 0) is 16.0 Å². The van der Waals surface area contributed by atoms with Crippen molar-refractivity contribution in [2.75, 3.05) is 6.61 Å². The van der Waals surface area contributed by atoms with Gasteiger partial charge in [-0.1, -0.05) is 42.0 Å². The second-order valence-corrected chi connectivity index (χ2v) is 6.64. The average molecular weight is 350 g/mol. The molecule has 0 spiro atoms. The van der Waals surface area contributed by atoms with Crippen LogP contribution in [0.15, 0.2) is 66.2 Å². The minimum atomic E-state index is -0.0830. The maximum atomic E-state index is 11.7. The van der Waals surface area contributed by atoms with Gasteiger partial charge < -0.3 is 9.47 Å². The molecule has 1 fully saturated rings. The van der Waals surface area contributed by atoms with Crippen molar-refractivity contribution in [3.63, 3.8) is 0 Å². The van der Waals surface area contributed by atoms with Gasteiger partial charge in [0, 0.05) is 6.42 Å². The number of para-hydroxylation sites is 1. The maximum Gasteiger partial charge on any atom is 0.305 e. The number of aryl methyl sites for hydroxylation is 1. The summed E-state index contributed by atoms with van der Waals surface area (Å²) in [7, 11) is 0. The quantitative estimate of drug-likeness (QED) is 0.306. The van der Waals surface area contributed by atoms with Crippen LogP contribution in [0.1, 0.15) is 44.1 Å². The lowest BCUT2D eigenvalue weighted by atomic mass is 10.1. The van der Waals surface area contributed by atoms with Crippen LogP contribution in [-0.4, -0.2) is 12.6 Å². The summed E-state index contributed by atoms with van der Waals surface area (Å²) in [6, 6.07) is 17.8. The van der Waals surface area contributed by atoms with Crippen molar-refractivity contribution in [3.8, 4) is 11.5 Å². The molecule has 0 bridgehead atoms. The third-order valence-corrected chi connectivity index (χ3v) is 4.31. The Morgan fingerprint density at radius 3 is 2.58 bits per heavy atom. The van der Waals surface area contributed by atoms with Gasteiger partial charge in [-0.15, -0.1) is 0 Å². The van der Waals surface area contributed by atoms with Gasteiger partial charge in [0.15, 0.2) is 0 Å². The van der Waals surface area contributed by atoms with E-state index < -0.39 is 0 Å². The first kappa shape index (κ1) is 18.2. The van der Waals surface area contributed by atoms with E-state index in [4.69, 9.17) is 9.47 Å². The van der Waals surface area contributed by atoms with E-state index in [2.05, 4.69) is 12.1 Å². The fraction of sp³-hybridized carbons (Fsp3) is 0.348. The fourth-order valence-corrected chi connectivity index (χ4v) is 2.75. The highest BCUT2D eigenvalue weighted by Gasteiger charge is 2.09. The molecule has 0 radical (unpaired) electrons. The molecule has 0 aromatic heterocycles. The molecule has 0 unspecified atom stereocenters. The van der Waals surface area contributed by atoms with Crippen LogP contribution in [0.4, 0.5) is 0 Å². The number of allylic oxidation sites excluding steroid dienone is 2. The zero-order chi connectivity index (χ0) is 18.0. The highest BCUT2D eigenvalue weighted by molar-refractivity contribution is 5.69. The Morgan fingerprint density at radius 1 is 0.962 bits per heavy atom. The summed E-state index contributed by atoms with van der Waals surface area (Å²) in [5.74, 6) is 1.58. The number of carbonyl (C=O) groups is 1. The Labute approximate surface area is 155 Å². The highest BCUT2D eigenvalue weighted by Crippen LogP contribution is 2.28. The maximum absolute atomic E-state index is 11.7. The van der Waals surface area contributed by atoms with Gasteiger partial charge in [0.25, 0.3) is 0 Å². The van der Waals surface area contributed by atoms with Crippen molar-refractivity contribution in [1.82, 2.24) is 0 Å². The number of carbonyl (C=O) groups excluding carboxylic acids is 1. The van der Waals surface area contributed by atoms with Crippen LogP contribution < -0.4 is 4.74 Å². The SMILES string of the molecule is O=C(CCCC=C1CC1)OCCCc1cccc(Oc2ccccc2)c1. The summed E-state index contributed by atoms with van der Waals surface area (Å²) < 4.78 is 11.2. The minimum absolute atomic E-state index is 0.0830. The van der Waals surface area contributed by atoms with Crippen molar-refractivity contribution < 1.29 is 14.3 Å². The predicted octanol–water partition coefficient (Wildman–Crippen LogP) is 5.85. The van der Waals surface area contributed by atoms with E-state index in [9.17, 15) is 4.79 Å². The summed E-state index contributed by atoms with van der Waals surface area (Å²) in [5.41, 5.74) is 2.72. The molecule has 3 rings (SSSR count). The monoisotopic (exact) mass is 350 g/mol. The number of rotatable bonds is 10. The molecule has 0 saturated heterocycles. The molecule has 1 aliphatic rings. The van der Waals surface area contributed by atoms with Gasteiger partial charge >= 0.3 is 5.97 Å². The second kappa shape index (κ2) is 9.81. The first-order chi connectivity index (χ1) is 12.8. The number of hydrogen-bond donors (Lipinski definition) is 0. The van der Waals surface area contributed by atoms with Crippen LogP contribution in [0.25, 0.3) is 0 Å². The van der Waals surface area contributed by atoms with Gasteiger partial charge in [-0.2, -0.15) is 0 Å². The first-order valence-electron chi connectivity index (χ1n) is 9.45. The van der Waals surface area contributed by atoms with Crippen LogP contribution in [0.5, 0.6) is 11.5 Å². The molecular weight excluding hydrogens is 324 g/mol. The Morgan fingerprint density at radius 2 is 1.77 bits per heavy atom. The van der Waals surface area contributed by atoms with Gasteiger partial charge in [0.1, 0.15) is 11.5 Å². The van der Waals surface area contributed by atoms with Crippen LogP contribution in [0.2, 0.25) is 0 Å². The zero-order valence-corrected chi connectivity index (χ0v) is 15.2. The number of unbranched alkanes of at least 4 members (excludes halogenated alkanes) is 1. The summed E-state index contributed by atoms with van der Waals surface area (Å²) >= 11 is 0. The summed E-state index contributed by atoms with van der Waals surface area (Å²) in [6.07, 6.45) is 8.86. The van der Waals surface area contributed by atoms with Crippen LogP contribution >= 0.6 is 0 Å². The third kappa shape index (κ3) is 6.75. The highest BCUT2D eigenvalue weighted by atomic mass is 16.5. The molecule has 0 N–H and O–H groups in total. The molecule has 0 heterocycles. The largest absolute Gasteiger partial charge is 0.466 e. The molecule has 1 aliphatic carbocycles. The van der Waals surface area contributed by atoms with Crippen molar-refractivity contribution in [2.45, 2.75) is 44.9 Å². The molecule has 0 aliphatic heterocycles. The smallest absolute Gasteiger partial charge is 0.305 e. The van der Waals surface area contributed by atoms with Crippen molar-refractivity contribution in [1.29, 1.82) is 0 Å². The van der Waals surface area contributed by atoms with Crippen molar-refractivity contribution in [2.24, 2.45) is 0 Å². The Balaban J connectivity index is 1.33. The van der Waals surface area contributed by atoms with E-state index in [1.165, 1.54) is 24.0 Å². The average Bonchev–Trinajstić information content (AvgIpc) is 3.48. The van der Waals surface area contributed by atoms with E-state index in [1.54, 1.807) is 0 Å².